The minimum Gasteiger partial charge on any atom is -0.383 e. The van der Waals surface area contributed by atoms with Crippen LogP contribution in [0.25, 0.3) is 0 Å². The van der Waals surface area contributed by atoms with Crippen LogP contribution in [0.3, 0.4) is 0 Å². The summed E-state index contributed by atoms with van der Waals surface area (Å²) >= 11 is 0. The van der Waals surface area contributed by atoms with E-state index in [4.69, 9.17) is 4.74 Å². The molecule has 102 valence electrons. The zero-order valence-corrected chi connectivity index (χ0v) is 12.0. The lowest BCUT2D eigenvalue weighted by Crippen LogP contribution is -2.44. The third kappa shape index (κ3) is 5.36. The van der Waals surface area contributed by atoms with Gasteiger partial charge >= 0.3 is 0 Å². The van der Waals surface area contributed by atoms with E-state index < -0.39 is 0 Å². The van der Waals surface area contributed by atoms with Crippen LogP contribution in [0.4, 0.5) is 0 Å². The van der Waals surface area contributed by atoms with Crippen molar-refractivity contribution < 1.29 is 4.74 Å². The third-order valence-corrected chi connectivity index (χ3v) is 3.70. The molecule has 0 aromatic rings. The summed E-state index contributed by atoms with van der Waals surface area (Å²) in [7, 11) is 1.81. The zero-order chi connectivity index (χ0) is 12.7. The normalized spacial score (nSPS) is 23.5. The molecule has 2 unspecified atom stereocenters. The molecule has 3 nitrogen and oxygen atoms in total. The molecule has 0 aromatic heterocycles. The van der Waals surface area contributed by atoms with Crippen LogP contribution >= 0.6 is 0 Å². The first-order chi connectivity index (χ1) is 8.17. The molecule has 0 aromatic carbocycles. The predicted octanol–water partition coefficient (Wildman–Crippen LogP) is 1.98. The van der Waals surface area contributed by atoms with Gasteiger partial charge in [-0.2, -0.15) is 0 Å². The van der Waals surface area contributed by atoms with Crippen molar-refractivity contribution in [3.63, 3.8) is 0 Å². The highest BCUT2D eigenvalue weighted by Gasteiger charge is 2.26. The van der Waals surface area contributed by atoms with Crippen molar-refractivity contribution in [2.45, 2.75) is 39.7 Å². The van der Waals surface area contributed by atoms with Gasteiger partial charge in [-0.05, 0) is 31.3 Å². The predicted molar refractivity (Wildman–Crippen MR) is 73.3 cm³/mol. The Labute approximate surface area is 107 Å². The monoisotopic (exact) mass is 242 g/mol. The lowest BCUT2D eigenvalue weighted by atomic mass is 10.1. The van der Waals surface area contributed by atoms with E-state index in [1.807, 2.05) is 7.11 Å². The second-order valence-electron chi connectivity index (χ2n) is 5.72. The minimum atomic E-state index is 0.551. The Hall–Kier alpha value is -0.120. The Balaban J connectivity index is 2.32. The summed E-state index contributed by atoms with van der Waals surface area (Å²) in [6, 6.07) is 0.551. The molecule has 1 fully saturated rings. The van der Waals surface area contributed by atoms with Crippen LogP contribution in [-0.2, 0) is 4.74 Å². The second kappa shape index (κ2) is 8.06. The van der Waals surface area contributed by atoms with E-state index in [1.165, 1.54) is 25.9 Å². The number of methoxy groups -OCH3 is 1. The average molecular weight is 242 g/mol. The molecule has 0 saturated carbocycles. The second-order valence-corrected chi connectivity index (χ2v) is 5.72. The summed E-state index contributed by atoms with van der Waals surface area (Å²) in [6.45, 7) is 12.3. The van der Waals surface area contributed by atoms with Gasteiger partial charge in [-0.1, -0.05) is 27.2 Å². The van der Waals surface area contributed by atoms with Crippen LogP contribution in [0.5, 0.6) is 0 Å². The Bertz CT molecular complexity index is 197. The van der Waals surface area contributed by atoms with Gasteiger partial charge in [0.25, 0.3) is 0 Å². The molecule has 1 N–H and O–H groups in total. The molecule has 0 spiro atoms. The number of likely N-dealkylation sites (tertiary alicyclic amines) is 1. The number of ether oxygens (including phenoxy) is 1. The first-order valence-corrected chi connectivity index (χ1v) is 7.11. The molecular formula is C14H30N2O. The maximum absolute atomic E-state index is 5.36. The van der Waals surface area contributed by atoms with E-state index >= 15 is 0 Å². The van der Waals surface area contributed by atoms with E-state index in [0.717, 1.165) is 31.5 Å². The van der Waals surface area contributed by atoms with Crippen molar-refractivity contribution in [2.75, 3.05) is 39.9 Å². The zero-order valence-electron chi connectivity index (χ0n) is 12.0. The molecule has 0 bridgehead atoms. The molecule has 3 heteroatoms. The first kappa shape index (κ1) is 14.9. The van der Waals surface area contributed by atoms with Crippen LogP contribution in [0.1, 0.15) is 33.6 Å². The van der Waals surface area contributed by atoms with E-state index in [-0.39, 0.29) is 0 Å². The summed E-state index contributed by atoms with van der Waals surface area (Å²) in [4.78, 5) is 2.60. The number of rotatable bonds is 8. The summed E-state index contributed by atoms with van der Waals surface area (Å²) in [5.74, 6) is 1.62. The van der Waals surface area contributed by atoms with Gasteiger partial charge < -0.3 is 10.1 Å². The van der Waals surface area contributed by atoms with E-state index in [2.05, 4.69) is 31.0 Å². The van der Waals surface area contributed by atoms with Crippen LogP contribution in [0.15, 0.2) is 0 Å². The van der Waals surface area contributed by atoms with Crippen molar-refractivity contribution in [3.05, 3.63) is 0 Å². The summed E-state index contributed by atoms with van der Waals surface area (Å²) in [5.41, 5.74) is 0. The minimum absolute atomic E-state index is 0.551. The van der Waals surface area contributed by atoms with Crippen molar-refractivity contribution in [1.29, 1.82) is 0 Å². The van der Waals surface area contributed by atoms with Gasteiger partial charge in [0.15, 0.2) is 0 Å². The number of nitrogens with zero attached hydrogens (tertiary/aromatic N) is 1. The molecule has 0 radical (unpaired) electrons. The molecular weight excluding hydrogens is 212 g/mol. The fraction of sp³-hybridized carbons (Fsp3) is 1.00. The average Bonchev–Trinajstić information content (AvgIpc) is 2.76. The number of nitrogens with one attached hydrogen (secondary N) is 1. The molecule has 1 aliphatic heterocycles. The van der Waals surface area contributed by atoms with Gasteiger partial charge in [0.05, 0.1) is 6.61 Å². The lowest BCUT2D eigenvalue weighted by Gasteiger charge is -2.28. The van der Waals surface area contributed by atoms with Gasteiger partial charge in [-0.25, -0.2) is 0 Å². The van der Waals surface area contributed by atoms with Crippen molar-refractivity contribution in [2.24, 2.45) is 11.8 Å². The smallest absolute Gasteiger partial charge is 0.0630 e. The van der Waals surface area contributed by atoms with E-state index in [9.17, 15) is 0 Å². The molecule has 1 aliphatic rings. The lowest BCUT2D eigenvalue weighted by molar-refractivity contribution is 0.101. The standard InChI is InChI=1S/C14H30N2O/c1-5-13-6-7-16(10-13)14(11-17-4)9-15-8-12(2)3/h12-15H,5-11H2,1-4H3. The van der Waals surface area contributed by atoms with Gasteiger partial charge in [-0.15, -0.1) is 0 Å². The SMILES string of the molecule is CCC1CCN(C(CNCC(C)C)COC)C1. The van der Waals surface area contributed by atoms with Gasteiger partial charge in [0.1, 0.15) is 0 Å². The highest BCUT2D eigenvalue weighted by molar-refractivity contribution is 4.82. The molecule has 0 aliphatic carbocycles. The summed E-state index contributed by atoms with van der Waals surface area (Å²) in [6.07, 6.45) is 2.68. The largest absolute Gasteiger partial charge is 0.383 e. The Morgan fingerprint density at radius 1 is 1.35 bits per heavy atom. The number of hydrogen-bond donors (Lipinski definition) is 1. The van der Waals surface area contributed by atoms with E-state index in [1.54, 1.807) is 0 Å². The summed E-state index contributed by atoms with van der Waals surface area (Å²) in [5, 5.41) is 3.56. The fourth-order valence-electron chi connectivity index (χ4n) is 2.55. The quantitative estimate of drug-likeness (QED) is 0.704. The van der Waals surface area contributed by atoms with Gasteiger partial charge in [0.2, 0.25) is 0 Å². The Morgan fingerprint density at radius 3 is 2.65 bits per heavy atom. The summed E-state index contributed by atoms with van der Waals surface area (Å²) < 4.78 is 5.36. The molecule has 1 saturated heterocycles. The van der Waals surface area contributed by atoms with Crippen LogP contribution < -0.4 is 5.32 Å². The van der Waals surface area contributed by atoms with Crippen molar-refractivity contribution in [1.82, 2.24) is 10.2 Å². The van der Waals surface area contributed by atoms with E-state index in [0.29, 0.717) is 6.04 Å². The Morgan fingerprint density at radius 2 is 2.12 bits per heavy atom. The molecule has 1 rings (SSSR count). The van der Waals surface area contributed by atoms with Crippen molar-refractivity contribution in [3.8, 4) is 0 Å². The highest BCUT2D eigenvalue weighted by atomic mass is 16.5. The Kier molecular flexibility index (Phi) is 7.09. The van der Waals surface area contributed by atoms with Crippen LogP contribution in [-0.4, -0.2) is 50.8 Å². The number of hydrogen-bond acceptors (Lipinski definition) is 3. The topological polar surface area (TPSA) is 24.5 Å². The maximum Gasteiger partial charge on any atom is 0.0630 e. The maximum atomic E-state index is 5.36. The van der Waals surface area contributed by atoms with Crippen LogP contribution in [0.2, 0.25) is 0 Å². The molecule has 1 heterocycles. The van der Waals surface area contributed by atoms with Crippen LogP contribution in [0, 0.1) is 11.8 Å². The third-order valence-electron chi connectivity index (χ3n) is 3.70. The fourth-order valence-corrected chi connectivity index (χ4v) is 2.55. The molecule has 2 atom stereocenters. The van der Waals surface area contributed by atoms with Crippen molar-refractivity contribution >= 4 is 0 Å². The highest BCUT2D eigenvalue weighted by Crippen LogP contribution is 2.21. The van der Waals surface area contributed by atoms with Gasteiger partial charge in [0, 0.05) is 26.2 Å². The first-order valence-electron chi connectivity index (χ1n) is 7.11. The molecule has 0 amide bonds. The van der Waals surface area contributed by atoms with Gasteiger partial charge in [-0.3, -0.25) is 4.90 Å². The molecule has 17 heavy (non-hydrogen) atoms.